The Kier molecular flexibility index (Phi) is 8.76. The van der Waals surface area contributed by atoms with Crippen LogP contribution in [0.5, 0.6) is 0 Å². The maximum absolute atomic E-state index is 12.1. The summed E-state index contributed by atoms with van der Waals surface area (Å²) < 4.78 is 33.0. The van der Waals surface area contributed by atoms with E-state index in [0.29, 0.717) is 26.1 Å². The molecule has 116 valence electrons. The molecule has 0 aromatic heterocycles. The summed E-state index contributed by atoms with van der Waals surface area (Å²) in [5.41, 5.74) is -1.10. The lowest BCUT2D eigenvalue weighted by atomic mass is 10.0. The summed E-state index contributed by atoms with van der Waals surface area (Å²) in [6.07, 6.45) is 1.91. The van der Waals surface area contributed by atoms with Crippen LogP contribution in [0.2, 0.25) is 0 Å². The van der Waals surface area contributed by atoms with Gasteiger partial charge in [0.2, 0.25) is 0 Å². The maximum atomic E-state index is 12.1. The molecule has 0 bridgehead atoms. The molecule has 0 saturated carbocycles. The van der Waals surface area contributed by atoms with E-state index in [4.69, 9.17) is 4.74 Å². The number of rotatable bonds is 11. The molecule has 0 heterocycles. The predicted octanol–water partition coefficient (Wildman–Crippen LogP) is 0.730. The van der Waals surface area contributed by atoms with Crippen LogP contribution in [-0.2, 0) is 14.9 Å². The number of nitrogens with one attached hydrogen (secondary N) is 1. The predicted molar refractivity (Wildman–Crippen MR) is 76.2 cm³/mol. The minimum Gasteiger partial charge on any atom is -0.389 e. The standard InChI is InChI=1S/C12H28N2O4S/c1-5-8-14(9-6-2)19(16,17)13-11-12(3,15)7-10-18-4/h13,15H,5-11H2,1-4H3. The normalized spacial score (nSPS) is 15.7. The molecular formula is C12H28N2O4S. The highest BCUT2D eigenvalue weighted by Crippen LogP contribution is 2.09. The van der Waals surface area contributed by atoms with Crippen LogP contribution in [-0.4, -0.2) is 56.8 Å². The highest BCUT2D eigenvalue weighted by molar-refractivity contribution is 7.87. The van der Waals surface area contributed by atoms with Crippen LogP contribution in [0.4, 0.5) is 0 Å². The molecule has 0 amide bonds. The molecule has 0 aromatic carbocycles. The fourth-order valence-corrected chi connectivity index (χ4v) is 3.12. The Morgan fingerprint density at radius 1 is 1.26 bits per heavy atom. The minimum atomic E-state index is -3.52. The van der Waals surface area contributed by atoms with Crippen LogP contribution < -0.4 is 4.72 Å². The largest absolute Gasteiger partial charge is 0.389 e. The first-order valence-electron chi connectivity index (χ1n) is 6.75. The van der Waals surface area contributed by atoms with Crippen molar-refractivity contribution in [3.8, 4) is 0 Å². The second kappa shape index (κ2) is 8.86. The van der Waals surface area contributed by atoms with Gasteiger partial charge in [-0.25, -0.2) is 0 Å². The van der Waals surface area contributed by atoms with Gasteiger partial charge in [0, 0.05) is 39.8 Å². The van der Waals surface area contributed by atoms with Gasteiger partial charge in [0.15, 0.2) is 0 Å². The van der Waals surface area contributed by atoms with E-state index in [2.05, 4.69) is 4.72 Å². The number of hydrogen-bond acceptors (Lipinski definition) is 4. The molecule has 0 aromatic rings. The Bertz CT molecular complexity index is 325. The van der Waals surface area contributed by atoms with E-state index in [9.17, 15) is 13.5 Å². The third-order valence-corrected chi connectivity index (χ3v) is 4.32. The fraction of sp³-hybridized carbons (Fsp3) is 1.00. The smallest absolute Gasteiger partial charge is 0.279 e. The van der Waals surface area contributed by atoms with E-state index in [0.717, 1.165) is 12.8 Å². The molecule has 0 fully saturated rings. The Morgan fingerprint density at radius 2 is 1.79 bits per heavy atom. The van der Waals surface area contributed by atoms with Crippen LogP contribution in [0.15, 0.2) is 0 Å². The zero-order valence-electron chi connectivity index (χ0n) is 12.5. The summed E-state index contributed by atoms with van der Waals surface area (Å²) in [6.45, 7) is 6.83. The molecule has 19 heavy (non-hydrogen) atoms. The van der Waals surface area contributed by atoms with Crippen molar-refractivity contribution in [3.63, 3.8) is 0 Å². The van der Waals surface area contributed by atoms with Gasteiger partial charge in [0.05, 0.1) is 5.60 Å². The fourth-order valence-electron chi connectivity index (χ4n) is 1.60. The molecule has 7 heteroatoms. The lowest BCUT2D eigenvalue weighted by molar-refractivity contribution is 0.0289. The van der Waals surface area contributed by atoms with Crippen LogP contribution in [0.1, 0.15) is 40.0 Å². The monoisotopic (exact) mass is 296 g/mol. The molecular weight excluding hydrogens is 268 g/mol. The van der Waals surface area contributed by atoms with Crippen LogP contribution in [0.3, 0.4) is 0 Å². The maximum Gasteiger partial charge on any atom is 0.279 e. The number of methoxy groups -OCH3 is 1. The third kappa shape index (κ3) is 7.84. The average molecular weight is 296 g/mol. The quantitative estimate of drug-likeness (QED) is 0.589. The first-order chi connectivity index (χ1) is 8.79. The Balaban J connectivity index is 4.49. The molecule has 6 nitrogen and oxygen atoms in total. The van der Waals surface area contributed by atoms with E-state index >= 15 is 0 Å². The first kappa shape index (κ1) is 18.8. The molecule has 1 atom stereocenters. The van der Waals surface area contributed by atoms with Crippen LogP contribution >= 0.6 is 0 Å². The van der Waals surface area contributed by atoms with Gasteiger partial charge >= 0.3 is 0 Å². The molecule has 0 aliphatic rings. The van der Waals surface area contributed by atoms with Crippen LogP contribution in [0.25, 0.3) is 0 Å². The summed E-state index contributed by atoms with van der Waals surface area (Å²) in [6, 6.07) is 0. The van der Waals surface area contributed by atoms with E-state index in [1.807, 2.05) is 13.8 Å². The van der Waals surface area contributed by atoms with Crippen LogP contribution in [0, 0.1) is 0 Å². The molecule has 0 saturated heterocycles. The summed E-state index contributed by atoms with van der Waals surface area (Å²) in [5.74, 6) is 0. The topological polar surface area (TPSA) is 78.9 Å². The minimum absolute atomic E-state index is 0.0113. The van der Waals surface area contributed by atoms with Gasteiger partial charge in [0.1, 0.15) is 0 Å². The van der Waals surface area contributed by atoms with Crippen molar-refractivity contribution in [2.75, 3.05) is 33.4 Å². The lowest BCUT2D eigenvalue weighted by Crippen LogP contribution is -2.47. The van der Waals surface area contributed by atoms with Gasteiger partial charge in [0.25, 0.3) is 10.2 Å². The number of hydrogen-bond donors (Lipinski definition) is 2. The van der Waals surface area contributed by atoms with Crippen molar-refractivity contribution in [2.24, 2.45) is 0 Å². The lowest BCUT2D eigenvalue weighted by Gasteiger charge is -2.26. The Hall–Kier alpha value is -0.210. The molecule has 2 N–H and O–H groups in total. The Labute approximate surface area is 117 Å². The van der Waals surface area contributed by atoms with Crippen molar-refractivity contribution in [1.82, 2.24) is 9.03 Å². The molecule has 1 unspecified atom stereocenters. The van der Waals surface area contributed by atoms with E-state index in [1.165, 1.54) is 4.31 Å². The first-order valence-corrected chi connectivity index (χ1v) is 8.19. The molecule has 0 aliphatic heterocycles. The molecule has 0 radical (unpaired) electrons. The SMILES string of the molecule is CCCN(CCC)S(=O)(=O)NCC(C)(O)CCOC. The third-order valence-electron chi connectivity index (χ3n) is 2.77. The van der Waals surface area contributed by atoms with Crippen molar-refractivity contribution >= 4 is 10.2 Å². The highest BCUT2D eigenvalue weighted by Gasteiger charge is 2.26. The molecule has 0 rings (SSSR count). The zero-order chi connectivity index (χ0) is 14.9. The van der Waals surface area contributed by atoms with Gasteiger partial charge in [-0.15, -0.1) is 0 Å². The van der Waals surface area contributed by atoms with Crippen molar-refractivity contribution in [1.29, 1.82) is 0 Å². The Morgan fingerprint density at radius 3 is 2.21 bits per heavy atom. The van der Waals surface area contributed by atoms with Gasteiger partial charge in [-0.3, -0.25) is 0 Å². The molecule has 0 spiro atoms. The summed E-state index contributed by atoms with van der Waals surface area (Å²) in [7, 11) is -1.98. The van der Waals surface area contributed by atoms with Crippen molar-refractivity contribution in [2.45, 2.75) is 45.6 Å². The number of aliphatic hydroxyl groups is 1. The van der Waals surface area contributed by atoms with E-state index < -0.39 is 15.8 Å². The second-order valence-corrected chi connectivity index (χ2v) is 6.72. The van der Waals surface area contributed by atoms with Gasteiger partial charge in [-0.05, 0) is 19.8 Å². The average Bonchev–Trinajstić information content (AvgIpc) is 2.34. The summed E-state index contributed by atoms with van der Waals surface area (Å²) in [5, 5.41) is 10.0. The van der Waals surface area contributed by atoms with E-state index in [-0.39, 0.29) is 6.54 Å². The highest BCUT2D eigenvalue weighted by atomic mass is 32.2. The second-order valence-electron chi connectivity index (χ2n) is 4.96. The molecule has 0 aliphatic carbocycles. The number of nitrogens with zero attached hydrogens (tertiary/aromatic N) is 1. The number of ether oxygens (including phenoxy) is 1. The van der Waals surface area contributed by atoms with Crippen molar-refractivity contribution in [3.05, 3.63) is 0 Å². The van der Waals surface area contributed by atoms with Crippen molar-refractivity contribution < 1.29 is 18.3 Å². The summed E-state index contributed by atoms with van der Waals surface area (Å²) >= 11 is 0. The zero-order valence-corrected chi connectivity index (χ0v) is 13.3. The van der Waals surface area contributed by atoms with Gasteiger partial charge in [-0.1, -0.05) is 13.8 Å². The van der Waals surface area contributed by atoms with Gasteiger partial charge in [-0.2, -0.15) is 17.4 Å². The summed E-state index contributed by atoms with van der Waals surface area (Å²) in [4.78, 5) is 0. The van der Waals surface area contributed by atoms with Gasteiger partial charge < -0.3 is 9.84 Å². The van der Waals surface area contributed by atoms with E-state index in [1.54, 1.807) is 14.0 Å².